The molecule has 4 rings (SSSR count). The van der Waals surface area contributed by atoms with Crippen molar-refractivity contribution in [2.24, 2.45) is 11.7 Å². The van der Waals surface area contributed by atoms with Gasteiger partial charge in [0.15, 0.2) is 11.6 Å². The highest BCUT2D eigenvalue weighted by Gasteiger charge is 2.32. The minimum atomic E-state index is -1.15. The second kappa shape index (κ2) is 10.8. The van der Waals surface area contributed by atoms with Gasteiger partial charge in [-0.1, -0.05) is 13.8 Å². The number of piperidine rings is 1. The molecule has 1 aliphatic heterocycles. The van der Waals surface area contributed by atoms with Gasteiger partial charge >= 0.3 is 0 Å². The van der Waals surface area contributed by atoms with E-state index < -0.39 is 52.4 Å². The van der Waals surface area contributed by atoms with Crippen LogP contribution >= 0.6 is 0 Å². The van der Waals surface area contributed by atoms with Gasteiger partial charge in [0.1, 0.15) is 28.8 Å². The minimum absolute atomic E-state index is 0.0496. The highest BCUT2D eigenvalue weighted by atomic mass is 19.1. The monoisotopic (exact) mass is 512 g/mol. The van der Waals surface area contributed by atoms with Crippen molar-refractivity contribution in [3.8, 4) is 11.3 Å². The van der Waals surface area contributed by atoms with Crippen LogP contribution in [0, 0.1) is 23.4 Å². The van der Waals surface area contributed by atoms with Crippen LogP contribution in [-0.4, -0.2) is 51.9 Å². The number of anilines is 1. The number of aromatic nitrogens is 2. The van der Waals surface area contributed by atoms with Gasteiger partial charge in [0.25, 0.3) is 0 Å². The average molecular weight is 513 g/mol. The first-order chi connectivity index (χ1) is 17.6. The number of ketones is 2. The Morgan fingerprint density at radius 3 is 2.43 bits per heavy atom. The molecule has 3 N–H and O–H groups in total. The maximum Gasteiger partial charge on any atom is 0.185 e. The molecule has 0 amide bonds. The van der Waals surface area contributed by atoms with Crippen LogP contribution in [0.3, 0.4) is 0 Å². The Morgan fingerprint density at radius 1 is 1.08 bits per heavy atom. The number of carbonyl (C=O) groups excluding carboxylic acids is 2. The highest BCUT2D eigenvalue weighted by molar-refractivity contribution is 5.97. The zero-order valence-corrected chi connectivity index (χ0v) is 20.4. The smallest absolute Gasteiger partial charge is 0.185 e. The lowest BCUT2D eigenvalue weighted by Crippen LogP contribution is -2.55. The summed E-state index contributed by atoms with van der Waals surface area (Å²) in [6, 6.07) is 5.03. The van der Waals surface area contributed by atoms with E-state index >= 15 is 0 Å². The summed E-state index contributed by atoms with van der Waals surface area (Å²) in [6.45, 7) is 4.34. The third-order valence-electron chi connectivity index (χ3n) is 6.58. The Bertz CT molecular complexity index is 1320. The molecule has 194 valence electrons. The van der Waals surface area contributed by atoms with Gasteiger partial charge in [0.05, 0.1) is 11.7 Å². The summed E-state index contributed by atoms with van der Waals surface area (Å²) in [7, 11) is 0. The molecule has 0 spiro atoms. The van der Waals surface area contributed by atoms with Gasteiger partial charge in [-0.25, -0.2) is 18.2 Å². The Labute approximate surface area is 212 Å². The molecule has 0 bridgehead atoms. The lowest BCUT2D eigenvalue weighted by atomic mass is 9.92. The fraction of sp³-hybridized carbons (Fsp3) is 0.333. The molecule has 10 heteroatoms. The van der Waals surface area contributed by atoms with E-state index in [9.17, 15) is 27.9 Å². The van der Waals surface area contributed by atoms with E-state index in [0.29, 0.717) is 24.3 Å². The van der Waals surface area contributed by atoms with E-state index in [1.165, 1.54) is 6.20 Å². The number of rotatable bonds is 7. The Hall–Kier alpha value is -3.63. The van der Waals surface area contributed by atoms with Gasteiger partial charge in [-0.3, -0.25) is 14.6 Å². The number of Topliss-reactive ketones (excluding diaryl/α,β-unsaturated/α-hetero) is 2. The van der Waals surface area contributed by atoms with E-state index in [0.717, 1.165) is 24.3 Å². The van der Waals surface area contributed by atoms with Crippen molar-refractivity contribution in [3.63, 3.8) is 0 Å². The second-order valence-electron chi connectivity index (χ2n) is 9.26. The summed E-state index contributed by atoms with van der Waals surface area (Å²) in [6.07, 6.45) is 2.37. The molecule has 0 saturated carbocycles. The molecule has 7 nitrogen and oxygen atoms in total. The first-order valence-electron chi connectivity index (χ1n) is 11.9. The summed E-state index contributed by atoms with van der Waals surface area (Å²) in [5.74, 6) is -4.39. The molecule has 1 fully saturated rings. The number of benzene rings is 1. The minimum Gasteiger partial charge on any atom is -0.391 e. The summed E-state index contributed by atoms with van der Waals surface area (Å²) >= 11 is 0. The van der Waals surface area contributed by atoms with Crippen molar-refractivity contribution in [2.45, 2.75) is 38.8 Å². The molecule has 1 aliphatic rings. The number of halogens is 3. The van der Waals surface area contributed by atoms with Crippen molar-refractivity contribution < 1.29 is 27.9 Å². The first-order valence-corrected chi connectivity index (χ1v) is 11.9. The summed E-state index contributed by atoms with van der Waals surface area (Å²) in [4.78, 5) is 35.0. The zero-order valence-electron chi connectivity index (χ0n) is 20.4. The standard InChI is InChI=1S/C27H27F3N4O3/c1-3-23(35)15-8-18(29)25(19(30)9-15)26-17(28)4-5-21(33-26)24(36)10-16-11-32-7-6-22(16)34-12-14(2)27(37)20(31)13-34/h4-9,11,14,20,27,37H,3,10,12-13,31H2,1-2H3/t14-,20+,27+/m0/s1. The summed E-state index contributed by atoms with van der Waals surface area (Å²) in [5, 5.41) is 10.2. The fourth-order valence-corrected chi connectivity index (χ4v) is 4.58. The molecule has 0 aliphatic carbocycles. The lowest BCUT2D eigenvalue weighted by molar-refractivity contribution is 0.0784. The Morgan fingerprint density at radius 2 is 1.78 bits per heavy atom. The van der Waals surface area contributed by atoms with Crippen LogP contribution in [0.15, 0.2) is 42.7 Å². The van der Waals surface area contributed by atoms with Crippen LogP contribution in [0.4, 0.5) is 18.9 Å². The van der Waals surface area contributed by atoms with Gasteiger partial charge in [-0.15, -0.1) is 0 Å². The predicted molar refractivity (Wildman–Crippen MR) is 132 cm³/mol. The Kier molecular flexibility index (Phi) is 7.70. The molecule has 0 unspecified atom stereocenters. The van der Waals surface area contributed by atoms with Crippen molar-refractivity contribution in [1.82, 2.24) is 9.97 Å². The average Bonchev–Trinajstić information content (AvgIpc) is 2.87. The number of carbonyl (C=O) groups is 2. The van der Waals surface area contributed by atoms with Crippen LogP contribution in [0.5, 0.6) is 0 Å². The second-order valence-corrected chi connectivity index (χ2v) is 9.26. The number of hydrogen-bond acceptors (Lipinski definition) is 7. The number of nitrogens with zero attached hydrogens (tertiary/aromatic N) is 3. The molecular weight excluding hydrogens is 485 g/mol. The number of aliphatic hydroxyl groups is 1. The van der Waals surface area contributed by atoms with Gasteiger partial charge in [0.2, 0.25) is 0 Å². The van der Waals surface area contributed by atoms with Gasteiger partial charge in [0, 0.05) is 67.1 Å². The number of hydrogen-bond donors (Lipinski definition) is 2. The molecule has 0 radical (unpaired) electrons. The van der Waals surface area contributed by atoms with Gasteiger partial charge < -0.3 is 15.7 Å². The maximum absolute atomic E-state index is 14.8. The molecule has 2 aromatic heterocycles. The molecule has 3 heterocycles. The van der Waals surface area contributed by atoms with Crippen LogP contribution in [0.1, 0.15) is 46.7 Å². The first kappa shape index (κ1) is 26.4. The van der Waals surface area contributed by atoms with E-state index in [1.54, 1.807) is 19.2 Å². The quantitative estimate of drug-likeness (QED) is 0.465. The van der Waals surface area contributed by atoms with Crippen LogP contribution in [0.2, 0.25) is 0 Å². The van der Waals surface area contributed by atoms with E-state index in [1.807, 2.05) is 11.8 Å². The number of pyridine rings is 2. The largest absolute Gasteiger partial charge is 0.391 e. The van der Waals surface area contributed by atoms with Crippen LogP contribution in [0.25, 0.3) is 11.3 Å². The number of nitrogens with two attached hydrogens (primary N) is 1. The third-order valence-corrected chi connectivity index (χ3v) is 6.58. The van der Waals surface area contributed by atoms with Gasteiger partial charge in [-0.05, 0) is 30.3 Å². The van der Waals surface area contributed by atoms with E-state index in [4.69, 9.17) is 5.73 Å². The van der Waals surface area contributed by atoms with Crippen molar-refractivity contribution in [3.05, 3.63) is 77.0 Å². The maximum atomic E-state index is 14.8. The molecule has 1 aromatic carbocycles. The predicted octanol–water partition coefficient (Wildman–Crippen LogP) is 3.72. The van der Waals surface area contributed by atoms with Crippen molar-refractivity contribution in [2.75, 3.05) is 18.0 Å². The number of aliphatic hydroxyl groups excluding tert-OH is 1. The zero-order chi connectivity index (χ0) is 26.9. The molecule has 37 heavy (non-hydrogen) atoms. The fourth-order valence-electron chi connectivity index (χ4n) is 4.58. The summed E-state index contributed by atoms with van der Waals surface area (Å²) in [5.41, 5.74) is 5.60. The van der Waals surface area contributed by atoms with Crippen LogP contribution in [-0.2, 0) is 6.42 Å². The molecule has 3 atom stereocenters. The van der Waals surface area contributed by atoms with Gasteiger partial charge in [-0.2, -0.15) is 0 Å². The van der Waals surface area contributed by atoms with E-state index in [-0.39, 0.29) is 30.0 Å². The van der Waals surface area contributed by atoms with Crippen molar-refractivity contribution in [1.29, 1.82) is 0 Å². The van der Waals surface area contributed by atoms with Crippen LogP contribution < -0.4 is 10.6 Å². The highest BCUT2D eigenvalue weighted by Crippen LogP contribution is 2.30. The Balaban J connectivity index is 1.64. The van der Waals surface area contributed by atoms with Crippen molar-refractivity contribution >= 4 is 17.3 Å². The molecule has 3 aromatic rings. The normalized spacial score (nSPS) is 19.6. The van der Waals surface area contributed by atoms with E-state index in [2.05, 4.69) is 9.97 Å². The molecule has 1 saturated heterocycles. The topological polar surface area (TPSA) is 109 Å². The molecular formula is C27H27F3N4O3. The third kappa shape index (κ3) is 5.40. The summed E-state index contributed by atoms with van der Waals surface area (Å²) < 4.78 is 44.2. The lowest BCUT2D eigenvalue weighted by Gasteiger charge is -2.40. The SMILES string of the molecule is CCC(=O)c1cc(F)c(-c2nc(C(=O)Cc3cnccc3N3C[C@@H](N)[C@H](O)[C@@H](C)C3)ccc2F)c(F)c1.